The Kier molecular flexibility index (Phi) is 1.97. The largest absolute Gasteiger partial charge is 0.490 e. The molecule has 4 heteroatoms. The fourth-order valence-corrected chi connectivity index (χ4v) is 0.666. The lowest BCUT2D eigenvalue weighted by Crippen LogP contribution is -2.03. The Hall–Kier alpha value is -0.960. The molecule has 0 aromatic carbocycles. The summed E-state index contributed by atoms with van der Waals surface area (Å²) in [6.07, 6.45) is 2.36. The summed E-state index contributed by atoms with van der Waals surface area (Å²) in [6.45, 7) is 0. The molecule has 0 aliphatic carbocycles. The van der Waals surface area contributed by atoms with Crippen LogP contribution in [0.4, 0.5) is 0 Å². The van der Waals surface area contributed by atoms with E-state index in [1.165, 1.54) is 13.4 Å². The zero-order valence-corrected chi connectivity index (χ0v) is 6.01. The first kappa shape index (κ1) is 7.15. The Balaban J connectivity index is 3.28. The molecule has 0 atom stereocenters. The van der Waals surface area contributed by atoms with Gasteiger partial charge in [-0.25, -0.2) is 0 Å². The summed E-state index contributed by atoms with van der Waals surface area (Å²) < 4.78 is 9.29. The number of methoxy groups -OCH3 is 1. The molecule has 0 aliphatic heterocycles. The Morgan fingerprint density at radius 2 is 2.30 bits per heavy atom. The van der Waals surface area contributed by atoms with Crippen LogP contribution in [0.2, 0.25) is 5.02 Å². The highest BCUT2D eigenvalue weighted by atomic mass is 35.5. The van der Waals surface area contributed by atoms with Crippen LogP contribution < -0.4 is 10.2 Å². The minimum absolute atomic E-state index is 0.0272. The van der Waals surface area contributed by atoms with Crippen LogP contribution in [0.5, 0.6) is 5.75 Å². The molecule has 3 nitrogen and oxygen atoms in total. The summed E-state index contributed by atoms with van der Waals surface area (Å²) in [5.74, 6) is 0.118. The normalized spacial score (nSPS) is 9.40. The molecule has 10 heavy (non-hydrogen) atoms. The molecule has 0 aliphatic rings. The second kappa shape index (κ2) is 2.75. The molecule has 0 unspecified atom stereocenters. The van der Waals surface area contributed by atoms with Crippen molar-refractivity contribution in [2.75, 3.05) is 7.11 Å². The number of halogens is 1. The van der Waals surface area contributed by atoms with Crippen LogP contribution in [-0.4, -0.2) is 7.11 Å². The van der Waals surface area contributed by atoms with Crippen molar-refractivity contribution in [3.05, 3.63) is 27.8 Å². The van der Waals surface area contributed by atoms with Crippen molar-refractivity contribution in [1.29, 1.82) is 0 Å². The molecule has 0 saturated heterocycles. The van der Waals surface area contributed by atoms with Crippen LogP contribution >= 0.6 is 11.6 Å². The van der Waals surface area contributed by atoms with Gasteiger partial charge in [0, 0.05) is 0 Å². The van der Waals surface area contributed by atoms with E-state index >= 15 is 0 Å². The molecule has 0 bridgehead atoms. The highest BCUT2D eigenvalue weighted by molar-refractivity contribution is 6.30. The smallest absolute Gasteiger partial charge is 0.245 e. The van der Waals surface area contributed by atoms with Crippen molar-refractivity contribution < 1.29 is 9.15 Å². The highest BCUT2D eigenvalue weighted by Gasteiger charge is 2.02. The molecule has 1 heterocycles. The lowest BCUT2D eigenvalue weighted by Gasteiger charge is -1.94. The molecule has 0 saturated carbocycles. The molecule has 0 N–H and O–H groups in total. The number of hydrogen-bond donors (Lipinski definition) is 0. The zero-order chi connectivity index (χ0) is 7.56. The molecule has 0 amide bonds. The molecule has 0 fully saturated rings. The third-order valence-corrected chi connectivity index (χ3v) is 1.27. The summed E-state index contributed by atoms with van der Waals surface area (Å²) in [5, 5.41) is 0.0272. The summed E-state index contributed by atoms with van der Waals surface area (Å²) in [5.41, 5.74) is -0.351. The predicted octanol–water partition coefficient (Wildman–Crippen LogP) is 1.30. The van der Waals surface area contributed by atoms with Crippen molar-refractivity contribution in [1.82, 2.24) is 0 Å². The van der Waals surface area contributed by atoms with Crippen LogP contribution in [0.3, 0.4) is 0 Å². The SMILES string of the molecule is COc1cocc(Cl)c1=O. The highest BCUT2D eigenvalue weighted by Crippen LogP contribution is 2.07. The van der Waals surface area contributed by atoms with Gasteiger partial charge in [0.1, 0.15) is 17.5 Å². The topological polar surface area (TPSA) is 39.4 Å². The van der Waals surface area contributed by atoms with E-state index in [1.54, 1.807) is 0 Å². The van der Waals surface area contributed by atoms with Gasteiger partial charge in [-0.2, -0.15) is 0 Å². The van der Waals surface area contributed by atoms with E-state index in [2.05, 4.69) is 9.15 Å². The summed E-state index contributed by atoms with van der Waals surface area (Å²) >= 11 is 5.41. The summed E-state index contributed by atoms with van der Waals surface area (Å²) in [6, 6.07) is 0. The van der Waals surface area contributed by atoms with Crippen molar-refractivity contribution in [3.8, 4) is 5.75 Å². The summed E-state index contributed by atoms with van der Waals surface area (Å²) in [4.78, 5) is 10.9. The number of rotatable bonds is 1. The monoisotopic (exact) mass is 160 g/mol. The van der Waals surface area contributed by atoms with Crippen molar-refractivity contribution in [2.24, 2.45) is 0 Å². The van der Waals surface area contributed by atoms with E-state index < -0.39 is 0 Å². The van der Waals surface area contributed by atoms with Gasteiger partial charge in [-0.15, -0.1) is 0 Å². The maximum Gasteiger partial charge on any atom is 0.245 e. The third-order valence-electron chi connectivity index (χ3n) is 1.01. The zero-order valence-electron chi connectivity index (χ0n) is 5.26. The van der Waals surface area contributed by atoms with Gasteiger partial charge in [0.25, 0.3) is 0 Å². The molecule has 1 aromatic rings. The van der Waals surface area contributed by atoms with Crippen molar-refractivity contribution >= 4 is 11.6 Å². The molecule has 54 valence electrons. The molecule has 0 radical (unpaired) electrons. The molecular weight excluding hydrogens is 156 g/mol. The Labute approximate surface area is 62.2 Å². The molecular formula is C6H5ClO3. The molecule has 1 rings (SSSR count). The van der Waals surface area contributed by atoms with Gasteiger partial charge in [-0.3, -0.25) is 4.79 Å². The maximum absolute atomic E-state index is 10.9. The maximum atomic E-state index is 10.9. The van der Waals surface area contributed by atoms with Gasteiger partial charge in [-0.1, -0.05) is 11.6 Å². The first-order valence-electron chi connectivity index (χ1n) is 2.55. The minimum atomic E-state index is -0.351. The van der Waals surface area contributed by atoms with Gasteiger partial charge < -0.3 is 9.15 Å². The first-order valence-corrected chi connectivity index (χ1v) is 2.93. The summed E-state index contributed by atoms with van der Waals surface area (Å²) in [7, 11) is 1.38. The Morgan fingerprint density at radius 3 is 2.80 bits per heavy atom. The van der Waals surface area contributed by atoms with Crippen LogP contribution in [0.15, 0.2) is 21.7 Å². The first-order chi connectivity index (χ1) is 4.75. The lowest BCUT2D eigenvalue weighted by molar-refractivity contribution is 0.387. The van der Waals surface area contributed by atoms with Gasteiger partial charge in [0.05, 0.1) is 7.11 Å². The number of ether oxygens (including phenoxy) is 1. The van der Waals surface area contributed by atoms with Gasteiger partial charge in [0.2, 0.25) is 11.2 Å². The van der Waals surface area contributed by atoms with E-state index in [9.17, 15) is 4.79 Å². The van der Waals surface area contributed by atoms with Gasteiger partial charge in [0.15, 0.2) is 0 Å². The standard InChI is InChI=1S/C6H5ClO3/c1-9-5-3-10-2-4(7)6(5)8/h2-3H,1H3. The third kappa shape index (κ3) is 1.14. The van der Waals surface area contributed by atoms with Crippen molar-refractivity contribution in [2.45, 2.75) is 0 Å². The second-order valence-corrected chi connectivity index (χ2v) is 2.02. The second-order valence-electron chi connectivity index (χ2n) is 1.62. The predicted molar refractivity (Wildman–Crippen MR) is 36.5 cm³/mol. The lowest BCUT2D eigenvalue weighted by atomic mass is 10.5. The van der Waals surface area contributed by atoms with Crippen molar-refractivity contribution in [3.63, 3.8) is 0 Å². The van der Waals surface area contributed by atoms with Crippen LogP contribution in [0, 0.1) is 0 Å². The quantitative estimate of drug-likeness (QED) is 0.622. The molecule has 0 spiro atoms. The van der Waals surface area contributed by atoms with E-state index in [1.807, 2.05) is 0 Å². The van der Waals surface area contributed by atoms with E-state index in [0.29, 0.717) is 0 Å². The molecule has 1 aromatic heterocycles. The van der Waals surface area contributed by atoms with Crippen LogP contribution in [0.1, 0.15) is 0 Å². The average molecular weight is 161 g/mol. The fourth-order valence-electron chi connectivity index (χ4n) is 0.521. The minimum Gasteiger partial charge on any atom is -0.490 e. The van der Waals surface area contributed by atoms with E-state index in [-0.39, 0.29) is 16.2 Å². The fraction of sp³-hybridized carbons (Fsp3) is 0.167. The van der Waals surface area contributed by atoms with E-state index in [0.717, 1.165) is 6.26 Å². The number of hydrogen-bond acceptors (Lipinski definition) is 3. The Bertz CT molecular complexity index is 279. The van der Waals surface area contributed by atoms with Crippen LogP contribution in [0.25, 0.3) is 0 Å². The average Bonchev–Trinajstić information content (AvgIpc) is 1.95. The van der Waals surface area contributed by atoms with Gasteiger partial charge in [-0.05, 0) is 0 Å². The van der Waals surface area contributed by atoms with Crippen LogP contribution in [-0.2, 0) is 0 Å². The Morgan fingerprint density at radius 1 is 1.60 bits per heavy atom. The van der Waals surface area contributed by atoms with E-state index in [4.69, 9.17) is 11.6 Å². The van der Waals surface area contributed by atoms with Gasteiger partial charge >= 0.3 is 0 Å².